The Balaban J connectivity index is 1.68. The highest BCUT2D eigenvalue weighted by Gasteiger charge is 2.22. The van der Waals surface area contributed by atoms with Crippen LogP contribution in [0.15, 0.2) is 30.3 Å². The lowest BCUT2D eigenvalue weighted by Crippen LogP contribution is -2.48. The Morgan fingerprint density at radius 2 is 1.87 bits per heavy atom. The Kier molecular flexibility index (Phi) is 7.96. The lowest BCUT2D eigenvalue weighted by Gasteiger charge is -2.31. The third-order valence-electron chi connectivity index (χ3n) is 5.73. The number of aryl methyl sites for hydroxylation is 2. The lowest BCUT2D eigenvalue weighted by atomic mass is 10.1. The molecule has 7 heteroatoms. The van der Waals surface area contributed by atoms with E-state index >= 15 is 0 Å². The van der Waals surface area contributed by atoms with E-state index in [4.69, 9.17) is 4.74 Å². The van der Waals surface area contributed by atoms with Crippen LogP contribution in [0.25, 0.3) is 0 Å². The molecule has 0 bridgehead atoms. The summed E-state index contributed by atoms with van der Waals surface area (Å²) in [6.45, 7) is 10.0. The molecule has 0 aliphatic carbocycles. The highest BCUT2D eigenvalue weighted by atomic mass is 16.5. The monoisotopic (exact) mass is 427 g/mol. The van der Waals surface area contributed by atoms with E-state index in [0.29, 0.717) is 25.6 Å². The number of benzene rings is 1. The Labute approximate surface area is 186 Å². The molecule has 31 heavy (non-hydrogen) atoms. The molecule has 170 valence electrons. The predicted molar refractivity (Wildman–Crippen MR) is 123 cm³/mol. The zero-order chi connectivity index (χ0) is 22.4. The molecule has 1 aromatic carbocycles. The molecule has 1 aromatic heterocycles. The molecule has 0 saturated carbocycles. The van der Waals surface area contributed by atoms with Crippen molar-refractivity contribution in [1.82, 2.24) is 24.9 Å². The van der Waals surface area contributed by atoms with Crippen molar-refractivity contribution in [3.05, 3.63) is 47.3 Å². The third kappa shape index (κ3) is 6.99. The average molecular weight is 428 g/mol. The molecule has 2 aromatic rings. The molecule has 2 heterocycles. The Morgan fingerprint density at radius 1 is 1.19 bits per heavy atom. The first-order chi connectivity index (χ1) is 14.8. The van der Waals surface area contributed by atoms with Gasteiger partial charge in [-0.05, 0) is 69.6 Å². The minimum Gasteiger partial charge on any atom is -0.493 e. The first-order valence-electron chi connectivity index (χ1n) is 11.3. The fraction of sp³-hybridized carbons (Fsp3) is 0.583. The number of rotatable bonds is 8. The molecule has 0 atom stereocenters. The molecule has 2 amide bonds. The molecule has 1 aliphatic heterocycles. The normalized spacial score (nSPS) is 15.3. The number of carbonyl (C=O) groups excluding carboxylic acids is 1. The number of aromatic nitrogens is 2. The van der Waals surface area contributed by atoms with E-state index in [1.165, 1.54) is 0 Å². The topological polar surface area (TPSA) is 62.6 Å². The second-order valence-corrected chi connectivity index (χ2v) is 9.13. The average Bonchev–Trinajstić information content (AvgIpc) is 3.05. The number of piperidine rings is 1. The van der Waals surface area contributed by atoms with Gasteiger partial charge in [-0.15, -0.1) is 0 Å². The SMILES string of the molecule is Cc1cc(CN(Cc2ccc(OCC(C)C)cc2)C(=O)NC2CCN(C)CC2)nn1C. The first-order valence-corrected chi connectivity index (χ1v) is 11.3. The summed E-state index contributed by atoms with van der Waals surface area (Å²) < 4.78 is 7.64. The van der Waals surface area contributed by atoms with E-state index in [0.717, 1.165) is 48.6 Å². The van der Waals surface area contributed by atoms with Crippen LogP contribution in [0.1, 0.15) is 43.6 Å². The van der Waals surface area contributed by atoms with E-state index in [1.54, 1.807) is 0 Å². The Bertz CT molecular complexity index is 819. The Morgan fingerprint density at radius 3 is 2.45 bits per heavy atom. The number of hydrogen-bond donors (Lipinski definition) is 1. The molecule has 0 unspecified atom stereocenters. The van der Waals surface area contributed by atoms with Gasteiger partial charge in [0.2, 0.25) is 0 Å². The zero-order valence-corrected chi connectivity index (χ0v) is 19.6. The predicted octanol–water partition coefficient (Wildman–Crippen LogP) is 3.57. The Hall–Kier alpha value is -2.54. The first kappa shape index (κ1) is 23.1. The maximum atomic E-state index is 13.2. The van der Waals surface area contributed by atoms with E-state index in [-0.39, 0.29) is 12.1 Å². The summed E-state index contributed by atoms with van der Waals surface area (Å²) >= 11 is 0. The van der Waals surface area contributed by atoms with Crippen LogP contribution in [0, 0.1) is 12.8 Å². The van der Waals surface area contributed by atoms with Gasteiger partial charge in [0.15, 0.2) is 0 Å². The molecule has 7 nitrogen and oxygen atoms in total. The molecule has 1 fully saturated rings. The van der Waals surface area contributed by atoms with Crippen molar-refractivity contribution in [2.45, 2.75) is 52.7 Å². The van der Waals surface area contributed by atoms with Crippen LogP contribution in [-0.4, -0.2) is 58.4 Å². The van der Waals surface area contributed by atoms with Gasteiger partial charge in [0.25, 0.3) is 0 Å². The van der Waals surface area contributed by atoms with Crippen molar-refractivity contribution in [3.63, 3.8) is 0 Å². The summed E-state index contributed by atoms with van der Waals surface area (Å²) in [6.07, 6.45) is 1.97. The quantitative estimate of drug-likeness (QED) is 0.700. The van der Waals surface area contributed by atoms with Crippen molar-refractivity contribution in [2.75, 3.05) is 26.7 Å². The van der Waals surface area contributed by atoms with Crippen LogP contribution in [0.3, 0.4) is 0 Å². The summed E-state index contributed by atoms with van der Waals surface area (Å²) in [6, 6.07) is 10.3. The molecular weight excluding hydrogens is 390 g/mol. The smallest absolute Gasteiger partial charge is 0.318 e. The number of ether oxygens (including phenoxy) is 1. The van der Waals surface area contributed by atoms with Gasteiger partial charge in [0, 0.05) is 25.3 Å². The van der Waals surface area contributed by atoms with Gasteiger partial charge in [-0.3, -0.25) is 4.68 Å². The molecular formula is C24H37N5O2. The van der Waals surface area contributed by atoms with Crippen LogP contribution in [0.2, 0.25) is 0 Å². The lowest BCUT2D eigenvalue weighted by molar-refractivity contribution is 0.175. The van der Waals surface area contributed by atoms with Crippen LogP contribution in [-0.2, 0) is 20.1 Å². The number of urea groups is 1. The van der Waals surface area contributed by atoms with Gasteiger partial charge in [0.05, 0.1) is 18.8 Å². The zero-order valence-electron chi connectivity index (χ0n) is 19.6. The maximum absolute atomic E-state index is 13.2. The van der Waals surface area contributed by atoms with Crippen molar-refractivity contribution >= 4 is 6.03 Å². The molecule has 3 rings (SSSR count). The van der Waals surface area contributed by atoms with Crippen molar-refractivity contribution in [2.24, 2.45) is 13.0 Å². The van der Waals surface area contributed by atoms with Gasteiger partial charge < -0.3 is 19.9 Å². The van der Waals surface area contributed by atoms with E-state index in [9.17, 15) is 4.79 Å². The van der Waals surface area contributed by atoms with Crippen molar-refractivity contribution in [3.8, 4) is 5.75 Å². The standard InChI is InChI=1S/C24H37N5O2/c1-18(2)17-31-23-8-6-20(7-9-23)15-29(16-22-14-19(3)28(5)26-22)24(30)25-21-10-12-27(4)13-11-21/h6-9,14,18,21H,10-13,15-17H2,1-5H3,(H,25,30). The van der Waals surface area contributed by atoms with Gasteiger partial charge in [-0.2, -0.15) is 5.10 Å². The van der Waals surface area contributed by atoms with Gasteiger partial charge >= 0.3 is 6.03 Å². The number of nitrogens with one attached hydrogen (secondary N) is 1. The summed E-state index contributed by atoms with van der Waals surface area (Å²) in [5.41, 5.74) is 3.05. The second kappa shape index (κ2) is 10.7. The number of nitrogens with zero attached hydrogens (tertiary/aromatic N) is 4. The number of amides is 2. The van der Waals surface area contributed by atoms with Crippen molar-refractivity contribution < 1.29 is 9.53 Å². The fourth-order valence-corrected chi connectivity index (χ4v) is 3.70. The highest BCUT2D eigenvalue weighted by molar-refractivity contribution is 5.74. The molecule has 0 radical (unpaired) electrons. The maximum Gasteiger partial charge on any atom is 0.318 e. The van der Waals surface area contributed by atoms with Crippen LogP contribution < -0.4 is 10.1 Å². The van der Waals surface area contributed by atoms with E-state index in [2.05, 4.69) is 36.2 Å². The summed E-state index contributed by atoms with van der Waals surface area (Å²) in [5.74, 6) is 1.35. The largest absolute Gasteiger partial charge is 0.493 e. The molecule has 1 saturated heterocycles. The highest BCUT2D eigenvalue weighted by Crippen LogP contribution is 2.17. The van der Waals surface area contributed by atoms with Gasteiger partial charge in [0.1, 0.15) is 5.75 Å². The van der Waals surface area contributed by atoms with Gasteiger partial charge in [-0.1, -0.05) is 26.0 Å². The van der Waals surface area contributed by atoms with Crippen LogP contribution in [0.5, 0.6) is 5.75 Å². The number of likely N-dealkylation sites (tertiary alicyclic amines) is 1. The van der Waals surface area contributed by atoms with Crippen LogP contribution >= 0.6 is 0 Å². The number of carbonyl (C=O) groups is 1. The van der Waals surface area contributed by atoms with Gasteiger partial charge in [-0.25, -0.2) is 4.79 Å². The van der Waals surface area contributed by atoms with E-state index < -0.39 is 0 Å². The minimum absolute atomic E-state index is 0.0296. The van der Waals surface area contributed by atoms with E-state index in [1.807, 2.05) is 53.9 Å². The van der Waals surface area contributed by atoms with Crippen LogP contribution in [0.4, 0.5) is 4.79 Å². The summed E-state index contributed by atoms with van der Waals surface area (Å²) in [5, 5.41) is 7.80. The van der Waals surface area contributed by atoms with Crippen molar-refractivity contribution in [1.29, 1.82) is 0 Å². The minimum atomic E-state index is -0.0296. The molecule has 0 spiro atoms. The number of hydrogen-bond acceptors (Lipinski definition) is 4. The summed E-state index contributed by atoms with van der Waals surface area (Å²) in [7, 11) is 4.06. The third-order valence-corrected chi connectivity index (χ3v) is 5.73. The summed E-state index contributed by atoms with van der Waals surface area (Å²) in [4.78, 5) is 17.3. The molecule has 1 N–H and O–H groups in total. The fourth-order valence-electron chi connectivity index (χ4n) is 3.70. The second-order valence-electron chi connectivity index (χ2n) is 9.13. The molecule has 1 aliphatic rings.